The zero-order chi connectivity index (χ0) is 15.1. The van der Waals surface area contributed by atoms with E-state index in [2.05, 4.69) is 6.92 Å². The Morgan fingerprint density at radius 2 is 1.25 bits per heavy atom. The molecule has 3 nitrogen and oxygen atoms in total. The zero-order valence-corrected chi connectivity index (χ0v) is 13.4. The lowest BCUT2D eigenvalue weighted by Crippen LogP contribution is -2.33. The van der Waals surface area contributed by atoms with E-state index in [0.29, 0.717) is 6.42 Å². The van der Waals surface area contributed by atoms with E-state index in [1.807, 2.05) is 0 Å². The Morgan fingerprint density at radius 1 is 0.850 bits per heavy atom. The fourth-order valence-electron chi connectivity index (χ4n) is 2.43. The summed E-state index contributed by atoms with van der Waals surface area (Å²) in [6.07, 6.45) is 16.1. The minimum absolute atomic E-state index is 0.000390. The van der Waals surface area contributed by atoms with Crippen molar-refractivity contribution in [3.63, 3.8) is 0 Å². The third-order valence-electron chi connectivity index (χ3n) is 3.89. The first kappa shape index (κ1) is 19.6. The summed E-state index contributed by atoms with van der Waals surface area (Å²) >= 11 is 0. The molecule has 3 heteroatoms. The van der Waals surface area contributed by atoms with Crippen molar-refractivity contribution in [2.75, 3.05) is 6.61 Å². The van der Waals surface area contributed by atoms with Gasteiger partial charge in [0.25, 0.3) is 0 Å². The molecule has 0 spiro atoms. The topological polar surface area (TPSA) is 63.3 Å². The second kappa shape index (κ2) is 15.0. The van der Waals surface area contributed by atoms with Crippen molar-refractivity contribution in [1.29, 1.82) is 0 Å². The fraction of sp³-hybridized carbons (Fsp3) is 0.941. The molecule has 0 aromatic rings. The van der Waals surface area contributed by atoms with Crippen LogP contribution < -0.4 is 5.73 Å². The standard InChI is InChI=1S/C17H35NO2/c1-2-3-4-5-6-7-8-9-10-11-12-13-14-17(20)16(18)15-19/h16,19H,2-15,18H2,1H3. The van der Waals surface area contributed by atoms with Crippen molar-refractivity contribution in [2.24, 2.45) is 5.73 Å². The molecule has 0 aliphatic heterocycles. The Labute approximate surface area is 125 Å². The molecule has 0 aromatic heterocycles. The number of hydrogen-bond acceptors (Lipinski definition) is 3. The minimum Gasteiger partial charge on any atom is -0.394 e. The van der Waals surface area contributed by atoms with Gasteiger partial charge in [-0.05, 0) is 6.42 Å². The molecule has 1 atom stereocenters. The van der Waals surface area contributed by atoms with Crippen LogP contribution >= 0.6 is 0 Å². The van der Waals surface area contributed by atoms with Crippen molar-refractivity contribution < 1.29 is 9.90 Å². The number of rotatable bonds is 15. The summed E-state index contributed by atoms with van der Waals surface area (Å²) in [4.78, 5) is 11.4. The van der Waals surface area contributed by atoms with E-state index in [-0.39, 0.29) is 12.4 Å². The molecule has 0 aliphatic rings. The Balaban J connectivity index is 3.11. The van der Waals surface area contributed by atoms with Crippen LogP contribution in [0.5, 0.6) is 0 Å². The van der Waals surface area contributed by atoms with Crippen LogP contribution in [0.3, 0.4) is 0 Å². The van der Waals surface area contributed by atoms with Crippen molar-refractivity contribution in [2.45, 2.75) is 96.4 Å². The maximum atomic E-state index is 11.4. The van der Waals surface area contributed by atoms with Gasteiger partial charge in [-0.15, -0.1) is 0 Å². The zero-order valence-electron chi connectivity index (χ0n) is 13.4. The SMILES string of the molecule is CCCCCCCCCCCCCCC(=O)C(N)CO. The summed E-state index contributed by atoms with van der Waals surface area (Å²) < 4.78 is 0. The van der Waals surface area contributed by atoms with Crippen molar-refractivity contribution in [3.8, 4) is 0 Å². The number of unbranched alkanes of at least 4 members (excludes halogenated alkanes) is 11. The Kier molecular flexibility index (Phi) is 14.7. The highest BCUT2D eigenvalue weighted by Crippen LogP contribution is 2.12. The number of carbonyl (C=O) groups excluding carboxylic acids is 1. The largest absolute Gasteiger partial charge is 0.394 e. The van der Waals surface area contributed by atoms with Gasteiger partial charge in [-0.3, -0.25) is 4.79 Å². The molecular weight excluding hydrogens is 250 g/mol. The van der Waals surface area contributed by atoms with E-state index in [1.54, 1.807) is 0 Å². The van der Waals surface area contributed by atoms with Crippen LogP contribution in [-0.2, 0) is 4.79 Å². The molecule has 0 aliphatic carbocycles. The van der Waals surface area contributed by atoms with Gasteiger partial charge in [0.2, 0.25) is 0 Å². The third kappa shape index (κ3) is 12.6. The number of hydrogen-bond donors (Lipinski definition) is 2. The van der Waals surface area contributed by atoms with Gasteiger partial charge >= 0.3 is 0 Å². The normalized spacial score (nSPS) is 12.6. The van der Waals surface area contributed by atoms with Crippen LogP contribution in [0.2, 0.25) is 0 Å². The Morgan fingerprint density at radius 3 is 1.65 bits per heavy atom. The predicted molar refractivity (Wildman–Crippen MR) is 85.8 cm³/mol. The van der Waals surface area contributed by atoms with Crippen molar-refractivity contribution >= 4 is 5.78 Å². The molecule has 0 heterocycles. The highest BCUT2D eigenvalue weighted by Gasteiger charge is 2.10. The van der Waals surface area contributed by atoms with Crippen LogP contribution in [0.4, 0.5) is 0 Å². The lowest BCUT2D eigenvalue weighted by molar-refractivity contribution is -0.121. The van der Waals surface area contributed by atoms with E-state index in [4.69, 9.17) is 10.8 Å². The molecule has 0 aromatic carbocycles. The smallest absolute Gasteiger partial charge is 0.151 e. The number of nitrogens with two attached hydrogens (primary N) is 1. The van der Waals surface area contributed by atoms with Gasteiger partial charge in [0.15, 0.2) is 5.78 Å². The molecule has 0 amide bonds. The van der Waals surface area contributed by atoms with Gasteiger partial charge < -0.3 is 10.8 Å². The minimum atomic E-state index is -0.664. The van der Waals surface area contributed by atoms with Gasteiger partial charge in [-0.1, -0.05) is 77.6 Å². The number of aliphatic hydroxyl groups is 1. The van der Waals surface area contributed by atoms with Crippen LogP contribution in [0.1, 0.15) is 90.4 Å². The van der Waals surface area contributed by atoms with Gasteiger partial charge in [0, 0.05) is 6.42 Å². The number of aliphatic hydroxyl groups excluding tert-OH is 1. The molecular formula is C17H35NO2. The average molecular weight is 285 g/mol. The van der Waals surface area contributed by atoms with Crippen LogP contribution in [0.25, 0.3) is 0 Å². The van der Waals surface area contributed by atoms with Crippen LogP contribution in [-0.4, -0.2) is 23.5 Å². The maximum absolute atomic E-state index is 11.4. The van der Waals surface area contributed by atoms with Crippen LogP contribution in [0, 0.1) is 0 Å². The summed E-state index contributed by atoms with van der Waals surface area (Å²) in [5, 5.41) is 8.75. The molecule has 3 N–H and O–H groups in total. The number of Topliss-reactive ketones (excluding diaryl/α,β-unsaturated/α-hetero) is 1. The quantitative estimate of drug-likeness (QED) is 0.448. The lowest BCUT2D eigenvalue weighted by Gasteiger charge is -2.06. The summed E-state index contributed by atoms with van der Waals surface area (Å²) in [6, 6.07) is -0.664. The molecule has 0 saturated heterocycles. The molecule has 120 valence electrons. The van der Waals surface area contributed by atoms with Gasteiger partial charge in [-0.25, -0.2) is 0 Å². The number of carbonyl (C=O) groups is 1. The fourth-order valence-corrected chi connectivity index (χ4v) is 2.43. The average Bonchev–Trinajstić information content (AvgIpc) is 2.47. The molecule has 0 saturated carbocycles. The predicted octanol–water partition coefficient (Wildman–Crippen LogP) is 3.97. The molecule has 0 fully saturated rings. The second-order valence-corrected chi connectivity index (χ2v) is 5.89. The first-order valence-electron chi connectivity index (χ1n) is 8.61. The highest BCUT2D eigenvalue weighted by molar-refractivity contribution is 5.83. The van der Waals surface area contributed by atoms with E-state index >= 15 is 0 Å². The summed E-state index contributed by atoms with van der Waals surface area (Å²) in [6.45, 7) is 2.03. The molecule has 20 heavy (non-hydrogen) atoms. The molecule has 1 unspecified atom stereocenters. The summed E-state index contributed by atoms with van der Waals surface area (Å²) in [5.41, 5.74) is 5.46. The first-order valence-corrected chi connectivity index (χ1v) is 8.61. The molecule has 0 bridgehead atoms. The van der Waals surface area contributed by atoms with E-state index < -0.39 is 6.04 Å². The van der Waals surface area contributed by atoms with E-state index in [9.17, 15) is 4.79 Å². The third-order valence-corrected chi connectivity index (χ3v) is 3.89. The lowest BCUT2D eigenvalue weighted by atomic mass is 10.0. The monoisotopic (exact) mass is 285 g/mol. The Hall–Kier alpha value is -0.410. The van der Waals surface area contributed by atoms with Crippen molar-refractivity contribution in [1.82, 2.24) is 0 Å². The summed E-state index contributed by atoms with van der Waals surface area (Å²) in [7, 11) is 0. The van der Waals surface area contributed by atoms with Gasteiger partial charge in [0.05, 0.1) is 12.6 Å². The first-order chi connectivity index (χ1) is 9.72. The van der Waals surface area contributed by atoms with Crippen molar-refractivity contribution in [3.05, 3.63) is 0 Å². The van der Waals surface area contributed by atoms with E-state index in [0.717, 1.165) is 12.8 Å². The molecule has 0 rings (SSSR count). The highest BCUT2D eigenvalue weighted by atomic mass is 16.3. The Bertz CT molecular complexity index is 219. The summed E-state index contributed by atoms with van der Waals surface area (Å²) in [5.74, 6) is -0.000390. The maximum Gasteiger partial charge on any atom is 0.151 e. The van der Waals surface area contributed by atoms with E-state index in [1.165, 1.54) is 64.2 Å². The van der Waals surface area contributed by atoms with Crippen LogP contribution in [0.15, 0.2) is 0 Å². The van der Waals surface area contributed by atoms with Gasteiger partial charge in [0.1, 0.15) is 0 Å². The van der Waals surface area contributed by atoms with Gasteiger partial charge in [-0.2, -0.15) is 0 Å². The second-order valence-electron chi connectivity index (χ2n) is 5.89. The number of ketones is 1. The molecule has 0 radical (unpaired) electrons.